The van der Waals surface area contributed by atoms with Crippen molar-refractivity contribution in [2.45, 2.75) is 0 Å². The normalized spacial score (nSPS) is 12.2. The molecule has 0 atom stereocenters. The van der Waals surface area contributed by atoms with Gasteiger partial charge in [0.15, 0.2) is 0 Å². The van der Waals surface area contributed by atoms with Crippen LogP contribution in [0.15, 0.2) is 174 Å². The SMILES string of the molecule is c1ccc(-c2ccc3oc4c(ccc5c4c4cc(-n6c7ccccc7c7ccccc76)ccc4n5-c4ccc5sc6ccccc6c5c4)c3c2)cc1. The number of fused-ring (bicyclic) bond motifs is 13. The molecule has 0 N–H and O–H groups in total. The second-order valence-corrected chi connectivity index (χ2v) is 14.8. The highest BCUT2D eigenvalue weighted by Gasteiger charge is 2.21. The number of benzene rings is 8. The molecule has 0 aliphatic heterocycles. The van der Waals surface area contributed by atoms with E-state index >= 15 is 0 Å². The van der Waals surface area contributed by atoms with Gasteiger partial charge in [0.1, 0.15) is 11.2 Å². The molecule has 242 valence electrons. The van der Waals surface area contributed by atoms with Gasteiger partial charge in [-0.25, -0.2) is 0 Å². The van der Waals surface area contributed by atoms with Crippen molar-refractivity contribution >= 4 is 97.1 Å². The first-order chi connectivity index (χ1) is 25.8. The van der Waals surface area contributed by atoms with Crippen LogP contribution in [0.2, 0.25) is 0 Å². The maximum atomic E-state index is 6.88. The number of para-hydroxylation sites is 2. The van der Waals surface area contributed by atoms with Gasteiger partial charge >= 0.3 is 0 Å². The molecule has 4 heteroatoms. The molecule has 0 aliphatic carbocycles. The van der Waals surface area contributed by atoms with E-state index in [1.165, 1.54) is 53.1 Å². The molecule has 0 radical (unpaired) electrons. The summed E-state index contributed by atoms with van der Waals surface area (Å²) in [6.07, 6.45) is 0. The molecule has 8 aromatic carbocycles. The molecule has 52 heavy (non-hydrogen) atoms. The van der Waals surface area contributed by atoms with Crippen molar-refractivity contribution < 1.29 is 4.42 Å². The molecule has 0 saturated heterocycles. The highest BCUT2D eigenvalue weighted by Crippen LogP contribution is 2.44. The minimum atomic E-state index is 0.896. The Labute approximate surface area is 301 Å². The van der Waals surface area contributed by atoms with E-state index in [1.807, 2.05) is 11.3 Å². The number of hydrogen-bond acceptors (Lipinski definition) is 2. The van der Waals surface area contributed by atoms with Crippen LogP contribution in [0.3, 0.4) is 0 Å². The molecule has 0 unspecified atom stereocenters. The molecule has 12 rings (SSSR count). The lowest BCUT2D eigenvalue weighted by Gasteiger charge is -2.10. The summed E-state index contributed by atoms with van der Waals surface area (Å²) in [4.78, 5) is 0. The first kappa shape index (κ1) is 28.1. The third-order valence-corrected chi connectivity index (χ3v) is 12.1. The number of hydrogen-bond donors (Lipinski definition) is 0. The van der Waals surface area contributed by atoms with E-state index in [2.05, 4.69) is 179 Å². The van der Waals surface area contributed by atoms with Crippen molar-refractivity contribution in [1.29, 1.82) is 0 Å². The van der Waals surface area contributed by atoms with E-state index in [0.29, 0.717) is 0 Å². The lowest BCUT2D eigenvalue weighted by molar-refractivity contribution is 0.673. The van der Waals surface area contributed by atoms with Gasteiger partial charge in [-0.05, 0) is 90.0 Å². The van der Waals surface area contributed by atoms with Crippen molar-refractivity contribution in [1.82, 2.24) is 9.13 Å². The molecule has 3 nitrogen and oxygen atoms in total. The van der Waals surface area contributed by atoms with Crippen molar-refractivity contribution in [3.05, 3.63) is 170 Å². The van der Waals surface area contributed by atoms with Crippen LogP contribution >= 0.6 is 11.3 Å². The van der Waals surface area contributed by atoms with Crippen molar-refractivity contribution in [2.75, 3.05) is 0 Å². The standard InChI is InChI=1S/C48H28N2OS/c1-2-10-29(11-3-1)30-18-24-44-37(26-30)36-21-23-43-47(48(36)51-44)39-28-31(49-40-15-7-4-12-33(40)34-13-5-8-16-41(34)49)19-22-42(39)50(43)32-20-25-46-38(27-32)35-14-6-9-17-45(35)52-46/h1-28H. The summed E-state index contributed by atoms with van der Waals surface area (Å²) in [6, 6.07) is 61.7. The molecule has 0 spiro atoms. The van der Waals surface area contributed by atoms with Gasteiger partial charge in [-0.2, -0.15) is 0 Å². The zero-order valence-corrected chi connectivity index (χ0v) is 28.7. The largest absolute Gasteiger partial charge is 0.455 e. The first-order valence-electron chi connectivity index (χ1n) is 17.7. The Morgan fingerprint density at radius 3 is 1.79 bits per heavy atom. The Balaban J connectivity index is 1.19. The van der Waals surface area contributed by atoms with Crippen LogP contribution in [0, 0.1) is 0 Å². The monoisotopic (exact) mass is 680 g/mol. The second-order valence-electron chi connectivity index (χ2n) is 13.7. The van der Waals surface area contributed by atoms with Gasteiger partial charge in [-0.15, -0.1) is 11.3 Å². The fourth-order valence-corrected chi connectivity index (χ4v) is 9.69. The minimum absolute atomic E-state index is 0.896. The Kier molecular flexibility index (Phi) is 5.65. The lowest BCUT2D eigenvalue weighted by atomic mass is 10.0. The quantitative estimate of drug-likeness (QED) is 0.182. The highest BCUT2D eigenvalue weighted by molar-refractivity contribution is 7.25. The molecule has 12 aromatic rings. The summed E-state index contributed by atoms with van der Waals surface area (Å²) >= 11 is 1.85. The Bertz CT molecular complexity index is 3360. The smallest absolute Gasteiger partial charge is 0.145 e. The molecule has 0 aliphatic rings. The lowest BCUT2D eigenvalue weighted by Crippen LogP contribution is -1.95. The van der Waals surface area contributed by atoms with Crippen LogP contribution in [-0.4, -0.2) is 9.13 Å². The predicted octanol–water partition coefficient (Wildman–Crippen LogP) is 13.8. The molecule has 0 fully saturated rings. The van der Waals surface area contributed by atoms with Crippen LogP contribution in [0.5, 0.6) is 0 Å². The van der Waals surface area contributed by atoms with Gasteiger partial charge < -0.3 is 13.6 Å². The number of nitrogens with zero attached hydrogens (tertiary/aromatic N) is 2. The maximum absolute atomic E-state index is 6.88. The van der Waals surface area contributed by atoms with Crippen LogP contribution in [-0.2, 0) is 0 Å². The van der Waals surface area contributed by atoms with E-state index in [9.17, 15) is 0 Å². The number of rotatable bonds is 3. The molecule has 4 heterocycles. The topological polar surface area (TPSA) is 23.0 Å². The molecule has 0 bridgehead atoms. The van der Waals surface area contributed by atoms with Gasteiger partial charge in [0.05, 0.1) is 27.5 Å². The van der Waals surface area contributed by atoms with E-state index < -0.39 is 0 Å². The average Bonchev–Trinajstić information content (AvgIpc) is 3.95. The molecule has 0 saturated carbocycles. The summed E-state index contributed by atoms with van der Waals surface area (Å²) < 4.78 is 14.3. The summed E-state index contributed by atoms with van der Waals surface area (Å²) in [5.74, 6) is 0. The minimum Gasteiger partial charge on any atom is -0.455 e. The number of thiophene rings is 1. The van der Waals surface area contributed by atoms with E-state index in [4.69, 9.17) is 4.42 Å². The number of aromatic nitrogens is 2. The Morgan fingerprint density at radius 2 is 0.981 bits per heavy atom. The maximum Gasteiger partial charge on any atom is 0.145 e. The van der Waals surface area contributed by atoms with E-state index in [1.54, 1.807) is 0 Å². The zero-order chi connectivity index (χ0) is 33.9. The highest BCUT2D eigenvalue weighted by atomic mass is 32.1. The van der Waals surface area contributed by atoms with Gasteiger partial charge in [0, 0.05) is 58.5 Å². The van der Waals surface area contributed by atoms with E-state index in [-0.39, 0.29) is 0 Å². The van der Waals surface area contributed by atoms with Crippen LogP contribution in [0.4, 0.5) is 0 Å². The van der Waals surface area contributed by atoms with Crippen LogP contribution in [0.1, 0.15) is 0 Å². The van der Waals surface area contributed by atoms with Crippen LogP contribution < -0.4 is 0 Å². The summed E-state index contributed by atoms with van der Waals surface area (Å²) in [6.45, 7) is 0. The average molecular weight is 681 g/mol. The first-order valence-corrected chi connectivity index (χ1v) is 18.5. The summed E-state index contributed by atoms with van der Waals surface area (Å²) in [5.41, 5.74) is 11.1. The predicted molar refractivity (Wildman–Crippen MR) is 221 cm³/mol. The summed E-state index contributed by atoms with van der Waals surface area (Å²) in [5, 5.41) is 9.64. The Morgan fingerprint density at radius 1 is 0.365 bits per heavy atom. The van der Waals surface area contributed by atoms with E-state index in [0.717, 1.165) is 55.1 Å². The van der Waals surface area contributed by atoms with Crippen molar-refractivity contribution in [3.8, 4) is 22.5 Å². The Hall–Kier alpha value is -6.62. The molecule has 0 amide bonds. The summed E-state index contributed by atoms with van der Waals surface area (Å²) in [7, 11) is 0. The number of furan rings is 1. The zero-order valence-electron chi connectivity index (χ0n) is 27.9. The third kappa shape index (κ3) is 3.84. The molecular formula is C48H28N2OS. The van der Waals surface area contributed by atoms with Gasteiger partial charge in [-0.3, -0.25) is 0 Å². The van der Waals surface area contributed by atoms with Gasteiger partial charge in [0.25, 0.3) is 0 Å². The fraction of sp³-hybridized carbons (Fsp3) is 0. The van der Waals surface area contributed by atoms with Gasteiger partial charge in [-0.1, -0.05) is 91.0 Å². The van der Waals surface area contributed by atoms with Crippen molar-refractivity contribution in [2.24, 2.45) is 0 Å². The molecule has 4 aromatic heterocycles. The molecular weight excluding hydrogens is 653 g/mol. The van der Waals surface area contributed by atoms with Gasteiger partial charge in [0.2, 0.25) is 0 Å². The second kappa shape index (κ2) is 10.5. The fourth-order valence-electron chi connectivity index (χ4n) is 8.61. The van der Waals surface area contributed by atoms with Crippen LogP contribution in [0.25, 0.3) is 108 Å². The third-order valence-electron chi connectivity index (χ3n) is 10.9. The van der Waals surface area contributed by atoms with Crippen molar-refractivity contribution in [3.63, 3.8) is 0 Å².